The molecule has 0 aliphatic carbocycles. The maximum atomic E-state index is 5.76. The Balaban J connectivity index is 1.69. The van der Waals surface area contributed by atoms with Gasteiger partial charge >= 0.3 is 0 Å². The first-order chi connectivity index (χ1) is 28.5. The maximum Gasteiger partial charge on any atom is 0.101 e. The molecule has 5 aromatic rings. The maximum absolute atomic E-state index is 5.76. The SMILES string of the molecule is CCCCCCCCc1nc2c(-c3ccc(Br)s3)c3nc(CCCCCCCC)c(CCCCCCCC)nc3c(-c3ccc(Br)s3)c2nc1CCCCCCCC. The van der Waals surface area contributed by atoms with E-state index in [1.807, 2.05) is 0 Å². The van der Waals surface area contributed by atoms with E-state index in [0.29, 0.717) is 0 Å². The zero-order valence-corrected chi connectivity index (χ0v) is 41.3. The van der Waals surface area contributed by atoms with Gasteiger partial charge in [0.15, 0.2) is 0 Å². The average molecular weight is 953 g/mol. The lowest BCUT2D eigenvalue weighted by Gasteiger charge is -2.19. The van der Waals surface area contributed by atoms with Gasteiger partial charge in [0.1, 0.15) is 22.1 Å². The summed E-state index contributed by atoms with van der Waals surface area (Å²) in [6.07, 6.45) is 34.5. The molecule has 0 fully saturated rings. The summed E-state index contributed by atoms with van der Waals surface area (Å²) in [4.78, 5) is 25.4. The third kappa shape index (κ3) is 14.2. The molecule has 8 heteroatoms. The van der Waals surface area contributed by atoms with Gasteiger partial charge in [-0.25, -0.2) is 19.9 Å². The van der Waals surface area contributed by atoms with Gasteiger partial charge in [0.25, 0.3) is 0 Å². The molecular weight excluding hydrogens is 881 g/mol. The molecule has 0 amide bonds. The van der Waals surface area contributed by atoms with Gasteiger partial charge in [-0.1, -0.05) is 156 Å². The predicted octanol–water partition coefficient (Wildman–Crippen LogP) is 18.2. The lowest BCUT2D eigenvalue weighted by Crippen LogP contribution is -2.09. The second-order valence-corrected chi connectivity index (χ2v) is 21.6. The highest BCUT2D eigenvalue weighted by atomic mass is 79.9. The molecule has 0 N–H and O–H groups in total. The van der Waals surface area contributed by atoms with Gasteiger partial charge in [0.05, 0.1) is 30.3 Å². The fraction of sp³-hybridized carbons (Fsp3) is 0.640. The Labute approximate surface area is 376 Å². The van der Waals surface area contributed by atoms with Crippen LogP contribution in [0.15, 0.2) is 31.8 Å². The van der Waals surface area contributed by atoms with Gasteiger partial charge in [0.2, 0.25) is 0 Å². The summed E-state index contributed by atoms with van der Waals surface area (Å²) in [7, 11) is 0. The number of nitrogens with zero attached hydrogens (tertiary/aromatic N) is 4. The second-order valence-electron chi connectivity index (χ2n) is 16.7. The van der Waals surface area contributed by atoms with Crippen LogP contribution in [0.3, 0.4) is 0 Å². The van der Waals surface area contributed by atoms with Crippen LogP contribution in [0.4, 0.5) is 0 Å². The summed E-state index contributed by atoms with van der Waals surface area (Å²) in [5.41, 5.74) is 11.0. The van der Waals surface area contributed by atoms with E-state index in [0.717, 1.165) is 92.1 Å². The van der Waals surface area contributed by atoms with Crippen molar-refractivity contribution in [1.29, 1.82) is 0 Å². The van der Waals surface area contributed by atoms with E-state index in [1.54, 1.807) is 22.7 Å². The Morgan fingerprint density at radius 3 is 0.810 bits per heavy atom. The third-order valence-corrected chi connectivity index (χ3v) is 15.0. The molecule has 0 aliphatic heterocycles. The quantitative estimate of drug-likeness (QED) is 0.0340. The molecule has 4 heterocycles. The zero-order valence-electron chi connectivity index (χ0n) is 36.5. The minimum absolute atomic E-state index is 0.984. The van der Waals surface area contributed by atoms with Crippen molar-refractivity contribution in [2.45, 2.75) is 207 Å². The Kier molecular flexibility index (Phi) is 21.7. The number of aryl methyl sites for hydroxylation is 4. The Morgan fingerprint density at radius 2 is 0.586 bits per heavy atom. The van der Waals surface area contributed by atoms with Gasteiger partial charge in [-0.05, 0) is 107 Å². The molecule has 58 heavy (non-hydrogen) atoms. The number of aromatic nitrogens is 4. The van der Waals surface area contributed by atoms with E-state index < -0.39 is 0 Å². The van der Waals surface area contributed by atoms with Crippen LogP contribution in [0.1, 0.15) is 205 Å². The minimum atomic E-state index is 0.984. The number of halogens is 2. The van der Waals surface area contributed by atoms with Crippen LogP contribution in [-0.4, -0.2) is 19.9 Å². The molecule has 0 aliphatic rings. The molecule has 5 rings (SSSR count). The van der Waals surface area contributed by atoms with E-state index in [2.05, 4.69) is 83.8 Å². The van der Waals surface area contributed by atoms with E-state index in [4.69, 9.17) is 19.9 Å². The normalized spacial score (nSPS) is 11.8. The number of hydrogen-bond donors (Lipinski definition) is 0. The lowest BCUT2D eigenvalue weighted by molar-refractivity contribution is 0.593. The number of thiophene rings is 2. The van der Waals surface area contributed by atoms with Crippen LogP contribution in [-0.2, 0) is 25.7 Å². The van der Waals surface area contributed by atoms with Gasteiger partial charge in [-0.3, -0.25) is 0 Å². The van der Waals surface area contributed by atoms with Crippen LogP contribution < -0.4 is 0 Å². The van der Waals surface area contributed by atoms with Crippen LogP contribution in [0.2, 0.25) is 0 Å². The van der Waals surface area contributed by atoms with Crippen LogP contribution in [0.25, 0.3) is 42.9 Å². The topological polar surface area (TPSA) is 51.6 Å². The van der Waals surface area contributed by atoms with Crippen molar-refractivity contribution in [2.75, 3.05) is 0 Å². The second kappa shape index (κ2) is 26.6. The first-order valence-electron chi connectivity index (χ1n) is 23.5. The smallest absolute Gasteiger partial charge is 0.101 e. The predicted molar refractivity (Wildman–Crippen MR) is 263 cm³/mol. The van der Waals surface area contributed by atoms with Gasteiger partial charge in [0, 0.05) is 20.9 Å². The average Bonchev–Trinajstić information content (AvgIpc) is 3.86. The minimum Gasteiger partial charge on any atom is -0.248 e. The largest absolute Gasteiger partial charge is 0.248 e. The molecule has 4 aromatic heterocycles. The van der Waals surface area contributed by atoms with Crippen molar-refractivity contribution < 1.29 is 0 Å². The third-order valence-electron chi connectivity index (χ3n) is 11.8. The molecule has 0 radical (unpaired) electrons. The van der Waals surface area contributed by atoms with E-state index in [-0.39, 0.29) is 0 Å². The van der Waals surface area contributed by atoms with Gasteiger partial charge in [-0.15, -0.1) is 22.7 Å². The van der Waals surface area contributed by atoms with Crippen molar-refractivity contribution in [1.82, 2.24) is 19.9 Å². The molecule has 0 unspecified atom stereocenters. The summed E-state index contributed by atoms with van der Waals surface area (Å²) in [5, 5.41) is 0. The summed E-state index contributed by atoms with van der Waals surface area (Å²) >= 11 is 11.2. The molecule has 0 saturated carbocycles. The number of benzene rings is 1. The summed E-state index contributed by atoms with van der Waals surface area (Å²) in [5.74, 6) is 0. The van der Waals surface area contributed by atoms with Crippen molar-refractivity contribution in [2.24, 2.45) is 0 Å². The summed E-state index contributed by atoms with van der Waals surface area (Å²) in [6, 6.07) is 8.86. The monoisotopic (exact) mass is 950 g/mol. The van der Waals surface area contributed by atoms with Gasteiger partial charge in [-0.2, -0.15) is 0 Å². The van der Waals surface area contributed by atoms with Crippen LogP contribution in [0.5, 0.6) is 0 Å². The van der Waals surface area contributed by atoms with Gasteiger partial charge < -0.3 is 0 Å². The fourth-order valence-electron chi connectivity index (χ4n) is 8.39. The zero-order chi connectivity index (χ0) is 41.0. The van der Waals surface area contributed by atoms with Crippen LogP contribution >= 0.6 is 54.5 Å². The number of fused-ring (bicyclic) bond motifs is 2. The Bertz CT molecular complexity index is 1710. The Morgan fingerprint density at radius 1 is 0.345 bits per heavy atom. The van der Waals surface area contributed by atoms with E-state index >= 15 is 0 Å². The van der Waals surface area contributed by atoms with E-state index in [1.165, 1.54) is 161 Å². The van der Waals surface area contributed by atoms with Crippen molar-refractivity contribution in [3.63, 3.8) is 0 Å². The van der Waals surface area contributed by atoms with Crippen LogP contribution in [0, 0.1) is 0 Å². The molecule has 4 nitrogen and oxygen atoms in total. The Hall–Kier alpha value is -1.74. The number of hydrogen-bond acceptors (Lipinski definition) is 6. The standard InChI is InChI=1S/C50H72Br2N4S2/c1-5-9-13-17-21-25-29-37-38(30-26-22-18-14-10-6-2)54-48-46(42-34-36-44(52)58-42)50-49(45(47(48)53-37)41-33-35-43(51)57-41)55-39(31-27-23-19-15-11-7-3)40(56-50)32-28-24-20-16-12-8-4/h33-36H,5-32H2,1-4H3. The molecule has 0 bridgehead atoms. The molecule has 0 atom stereocenters. The van der Waals surface area contributed by atoms with Crippen molar-refractivity contribution >= 4 is 76.6 Å². The first kappa shape index (κ1) is 47.3. The molecule has 1 aromatic carbocycles. The highest BCUT2D eigenvalue weighted by Gasteiger charge is 2.26. The lowest BCUT2D eigenvalue weighted by atomic mass is 9.98. The molecular formula is C50H72Br2N4S2. The summed E-state index contributed by atoms with van der Waals surface area (Å²) in [6.45, 7) is 9.20. The number of rotatable bonds is 30. The van der Waals surface area contributed by atoms with E-state index in [9.17, 15) is 0 Å². The molecule has 0 spiro atoms. The fourth-order valence-corrected chi connectivity index (χ4v) is 11.3. The van der Waals surface area contributed by atoms with Crippen molar-refractivity contribution in [3.05, 3.63) is 54.6 Å². The highest BCUT2D eigenvalue weighted by molar-refractivity contribution is 9.11. The van der Waals surface area contributed by atoms with Crippen molar-refractivity contribution in [3.8, 4) is 20.9 Å². The number of unbranched alkanes of at least 4 members (excludes halogenated alkanes) is 20. The first-order valence-corrected chi connectivity index (χ1v) is 26.8. The summed E-state index contributed by atoms with van der Waals surface area (Å²) < 4.78 is 2.24. The molecule has 318 valence electrons. The molecule has 0 saturated heterocycles. The highest BCUT2D eigenvalue weighted by Crippen LogP contribution is 2.46.